The zero-order chi connectivity index (χ0) is 12.0. The first kappa shape index (κ1) is 12.3. The normalized spacial score (nSPS) is 11.5. The van der Waals surface area contributed by atoms with E-state index in [0.717, 1.165) is 12.2 Å². The molecule has 0 saturated carbocycles. The van der Waals surface area contributed by atoms with Crippen molar-refractivity contribution < 1.29 is 9.60 Å². The zero-order valence-electron chi connectivity index (χ0n) is 9.23. The Hall–Kier alpha value is -1.78. The maximum Gasteiger partial charge on any atom is 0.140 e. The van der Waals surface area contributed by atoms with Crippen LogP contribution in [-0.2, 0) is 0 Å². The van der Waals surface area contributed by atoms with Crippen molar-refractivity contribution in [1.29, 1.82) is 0 Å². The Morgan fingerprint density at radius 2 is 2.31 bits per heavy atom. The van der Waals surface area contributed by atoms with Gasteiger partial charge in [-0.25, -0.2) is 4.39 Å². The molecular formula is C11H16FN3O. The first-order chi connectivity index (χ1) is 7.67. The van der Waals surface area contributed by atoms with Crippen LogP contribution >= 0.6 is 0 Å². The first-order valence-electron chi connectivity index (χ1n) is 5.14. The Balaban J connectivity index is 2.67. The average molecular weight is 225 g/mol. The molecule has 0 fully saturated rings. The predicted molar refractivity (Wildman–Crippen MR) is 62.3 cm³/mol. The van der Waals surface area contributed by atoms with E-state index in [0.29, 0.717) is 13.0 Å². The lowest BCUT2D eigenvalue weighted by Crippen LogP contribution is -2.28. The molecule has 0 heterocycles. The molecule has 0 radical (unpaired) electrons. The number of nitrogens with two attached hydrogens (primary N) is 1. The number of halogens is 1. The van der Waals surface area contributed by atoms with E-state index in [-0.39, 0.29) is 11.7 Å². The molecule has 0 saturated heterocycles. The van der Waals surface area contributed by atoms with Gasteiger partial charge in [-0.05, 0) is 25.1 Å². The number of rotatable bonds is 5. The molecule has 1 aromatic rings. The molecule has 0 atom stereocenters. The van der Waals surface area contributed by atoms with Crippen molar-refractivity contribution >= 4 is 11.5 Å². The van der Waals surface area contributed by atoms with E-state index in [1.165, 1.54) is 12.1 Å². The Morgan fingerprint density at radius 1 is 1.56 bits per heavy atom. The quantitative estimate of drug-likeness (QED) is 0.347. The SMILES string of the molecule is CCN(CCC(N)=NO)c1cccc(F)c1. The highest BCUT2D eigenvalue weighted by Crippen LogP contribution is 2.15. The molecule has 0 unspecified atom stereocenters. The summed E-state index contributed by atoms with van der Waals surface area (Å²) in [5, 5.41) is 11.3. The lowest BCUT2D eigenvalue weighted by atomic mass is 10.2. The topological polar surface area (TPSA) is 61.8 Å². The fourth-order valence-corrected chi connectivity index (χ4v) is 1.44. The minimum Gasteiger partial charge on any atom is -0.409 e. The van der Waals surface area contributed by atoms with Crippen molar-refractivity contribution in [2.45, 2.75) is 13.3 Å². The molecule has 4 nitrogen and oxygen atoms in total. The molecule has 1 aromatic carbocycles. The summed E-state index contributed by atoms with van der Waals surface area (Å²) in [5.41, 5.74) is 6.18. The number of hydrogen-bond donors (Lipinski definition) is 2. The maximum absolute atomic E-state index is 13.0. The summed E-state index contributed by atoms with van der Waals surface area (Å²) in [4.78, 5) is 1.96. The number of anilines is 1. The molecule has 16 heavy (non-hydrogen) atoms. The second kappa shape index (κ2) is 5.95. The highest BCUT2D eigenvalue weighted by atomic mass is 19.1. The van der Waals surface area contributed by atoms with Gasteiger partial charge >= 0.3 is 0 Å². The van der Waals surface area contributed by atoms with E-state index in [2.05, 4.69) is 5.16 Å². The zero-order valence-corrected chi connectivity index (χ0v) is 9.23. The van der Waals surface area contributed by atoms with Gasteiger partial charge in [-0.3, -0.25) is 0 Å². The molecule has 88 valence electrons. The minimum atomic E-state index is -0.264. The standard InChI is InChI=1S/C11H16FN3O/c1-2-15(7-6-11(13)14-16)10-5-3-4-9(12)8-10/h3-5,8,16H,2,6-7H2,1H3,(H2,13,14). The summed E-state index contributed by atoms with van der Waals surface area (Å²) < 4.78 is 13.0. The van der Waals surface area contributed by atoms with E-state index >= 15 is 0 Å². The lowest BCUT2D eigenvalue weighted by molar-refractivity contribution is 0.317. The minimum absolute atomic E-state index is 0.176. The molecule has 5 heteroatoms. The summed E-state index contributed by atoms with van der Waals surface area (Å²) in [5.74, 6) is -0.0883. The van der Waals surface area contributed by atoms with Gasteiger partial charge in [-0.1, -0.05) is 11.2 Å². The molecule has 0 aliphatic rings. The van der Waals surface area contributed by atoms with Crippen molar-refractivity contribution in [1.82, 2.24) is 0 Å². The number of nitrogens with zero attached hydrogens (tertiary/aromatic N) is 2. The van der Waals surface area contributed by atoms with Crippen LogP contribution in [-0.4, -0.2) is 24.1 Å². The van der Waals surface area contributed by atoms with Crippen LogP contribution < -0.4 is 10.6 Å². The van der Waals surface area contributed by atoms with Gasteiger partial charge in [0.25, 0.3) is 0 Å². The van der Waals surface area contributed by atoms with Gasteiger partial charge in [-0.2, -0.15) is 0 Å². The van der Waals surface area contributed by atoms with Crippen LogP contribution in [0.2, 0.25) is 0 Å². The smallest absolute Gasteiger partial charge is 0.140 e. The third-order valence-electron chi connectivity index (χ3n) is 2.32. The summed E-state index contributed by atoms with van der Waals surface area (Å²) >= 11 is 0. The molecule has 0 aliphatic heterocycles. The molecule has 3 N–H and O–H groups in total. The largest absolute Gasteiger partial charge is 0.409 e. The summed E-state index contributed by atoms with van der Waals surface area (Å²) in [7, 11) is 0. The number of benzene rings is 1. The predicted octanol–water partition coefficient (Wildman–Crippen LogP) is 1.79. The second-order valence-corrected chi connectivity index (χ2v) is 3.40. The highest BCUT2D eigenvalue weighted by molar-refractivity contribution is 5.80. The van der Waals surface area contributed by atoms with Crippen LogP contribution in [0.5, 0.6) is 0 Å². The van der Waals surface area contributed by atoms with Crippen molar-refractivity contribution in [3.63, 3.8) is 0 Å². The lowest BCUT2D eigenvalue weighted by Gasteiger charge is -2.22. The first-order valence-corrected chi connectivity index (χ1v) is 5.14. The van der Waals surface area contributed by atoms with Crippen LogP contribution in [0.4, 0.5) is 10.1 Å². The molecule has 0 aliphatic carbocycles. The van der Waals surface area contributed by atoms with Crippen LogP contribution in [0, 0.1) is 5.82 Å². The Bertz CT molecular complexity index is 368. The van der Waals surface area contributed by atoms with Crippen LogP contribution in [0.25, 0.3) is 0 Å². The van der Waals surface area contributed by atoms with E-state index in [9.17, 15) is 4.39 Å². The molecular weight excluding hydrogens is 209 g/mol. The number of oxime groups is 1. The fraction of sp³-hybridized carbons (Fsp3) is 0.364. The van der Waals surface area contributed by atoms with Gasteiger partial charge in [0.1, 0.15) is 11.7 Å². The maximum atomic E-state index is 13.0. The Labute approximate surface area is 94.2 Å². The van der Waals surface area contributed by atoms with Gasteiger partial charge in [0.05, 0.1) is 0 Å². The Morgan fingerprint density at radius 3 is 2.88 bits per heavy atom. The van der Waals surface area contributed by atoms with E-state index in [1.807, 2.05) is 17.9 Å². The highest BCUT2D eigenvalue weighted by Gasteiger charge is 2.05. The third-order valence-corrected chi connectivity index (χ3v) is 2.32. The van der Waals surface area contributed by atoms with Crippen molar-refractivity contribution in [3.05, 3.63) is 30.1 Å². The monoisotopic (exact) mass is 225 g/mol. The van der Waals surface area contributed by atoms with Crippen molar-refractivity contribution in [2.75, 3.05) is 18.0 Å². The van der Waals surface area contributed by atoms with Gasteiger partial charge in [0, 0.05) is 25.2 Å². The molecule has 1 rings (SSSR count). The van der Waals surface area contributed by atoms with E-state index in [4.69, 9.17) is 10.9 Å². The Kier molecular flexibility index (Phi) is 4.57. The molecule has 0 spiro atoms. The van der Waals surface area contributed by atoms with E-state index < -0.39 is 0 Å². The summed E-state index contributed by atoms with van der Waals surface area (Å²) in [6.07, 6.45) is 0.445. The van der Waals surface area contributed by atoms with E-state index in [1.54, 1.807) is 6.07 Å². The third kappa shape index (κ3) is 3.42. The van der Waals surface area contributed by atoms with Gasteiger partial charge in [0.2, 0.25) is 0 Å². The summed E-state index contributed by atoms with van der Waals surface area (Å²) in [6.45, 7) is 3.30. The van der Waals surface area contributed by atoms with Crippen molar-refractivity contribution in [2.24, 2.45) is 10.9 Å². The molecule has 0 amide bonds. The van der Waals surface area contributed by atoms with Gasteiger partial charge in [0.15, 0.2) is 0 Å². The van der Waals surface area contributed by atoms with Crippen LogP contribution in [0.1, 0.15) is 13.3 Å². The average Bonchev–Trinajstić information content (AvgIpc) is 2.29. The van der Waals surface area contributed by atoms with Gasteiger partial charge < -0.3 is 15.8 Å². The molecule has 0 aromatic heterocycles. The second-order valence-electron chi connectivity index (χ2n) is 3.40. The van der Waals surface area contributed by atoms with Crippen molar-refractivity contribution in [3.8, 4) is 0 Å². The van der Waals surface area contributed by atoms with Crippen LogP contribution in [0.15, 0.2) is 29.4 Å². The number of hydrogen-bond acceptors (Lipinski definition) is 3. The van der Waals surface area contributed by atoms with Gasteiger partial charge in [-0.15, -0.1) is 0 Å². The van der Waals surface area contributed by atoms with Crippen LogP contribution in [0.3, 0.4) is 0 Å². The number of amidine groups is 1. The summed E-state index contributed by atoms with van der Waals surface area (Å²) in [6, 6.07) is 6.37. The molecule has 0 bridgehead atoms. The fourth-order valence-electron chi connectivity index (χ4n) is 1.44.